The van der Waals surface area contributed by atoms with Crippen LogP contribution in [0.1, 0.15) is 31.2 Å². The second-order valence-corrected chi connectivity index (χ2v) is 5.41. The molecule has 0 saturated heterocycles. The molecule has 1 aliphatic carbocycles. The lowest BCUT2D eigenvalue weighted by molar-refractivity contribution is -0.130. The highest BCUT2D eigenvalue weighted by atomic mass is 16.5. The van der Waals surface area contributed by atoms with E-state index in [1.165, 1.54) is 0 Å². The van der Waals surface area contributed by atoms with Gasteiger partial charge in [0.05, 0.1) is 27.2 Å². The van der Waals surface area contributed by atoms with E-state index >= 15 is 0 Å². The Kier molecular flexibility index (Phi) is 5.41. The van der Waals surface area contributed by atoms with Crippen molar-refractivity contribution in [2.45, 2.75) is 32.1 Å². The first kappa shape index (κ1) is 16.3. The van der Waals surface area contributed by atoms with Crippen LogP contribution in [-0.2, 0) is 16.0 Å². The van der Waals surface area contributed by atoms with Crippen molar-refractivity contribution in [3.63, 3.8) is 0 Å². The van der Waals surface area contributed by atoms with Crippen LogP contribution in [0.5, 0.6) is 17.2 Å². The van der Waals surface area contributed by atoms with Gasteiger partial charge < -0.3 is 14.2 Å². The number of aryl methyl sites for hydroxylation is 1. The van der Waals surface area contributed by atoms with E-state index in [9.17, 15) is 9.59 Å². The molecule has 1 saturated carbocycles. The van der Waals surface area contributed by atoms with Gasteiger partial charge in [0.2, 0.25) is 5.75 Å². The average molecular weight is 306 g/mol. The smallest absolute Gasteiger partial charge is 0.203 e. The Labute approximate surface area is 130 Å². The van der Waals surface area contributed by atoms with Crippen LogP contribution in [0.15, 0.2) is 12.1 Å². The minimum absolute atomic E-state index is 0.0382. The quantitative estimate of drug-likeness (QED) is 0.725. The summed E-state index contributed by atoms with van der Waals surface area (Å²) in [7, 11) is 4.67. The van der Waals surface area contributed by atoms with E-state index in [1.54, 1.807) is 21.3 Å². The molecule has 0 N–H and O–H groups in total. The number of ketones is 2. The predicted molar refractivity (Wildman–Crippen MR) is 81.8 cm³/mol. The lowest BCUT2D eigenvalue weighted by Gasteiger charge is -2.14. The third-order valence-electron chi connectivity index (χ3n) is 4.08. The van der Waals surface area contributed by atoms with Gasteiger partial charge in [0.1, 0.15) is 11.6 Å². The van der Waals surface area contributed by atoms with Crippen molar-refractivity contribution in [2.24, 2.45) is 5.92 Å². The third kappa shape index (κ3) is 3.40. The zero-order valence-corrected chi connectivity index (χ0v) is 13.3. The topological polar surface area (TPSA) is 61.8 Å². The average Bonchev–Trinajstić information content (AvgIpc) is 2.97. The van der Waals surface area contributed by atoms with Gasteiger partial charge >= 0.3 is 0 Å². The summed E-state index contributed by atoms with van der Waals surface area (Å²) in [5.74, 6) is 1.42. The molecular weight excluding hydrogens is 284 g/mol. The first-order valence-corrected chi connectivity index (χ1v) is 7.45. The number of benzene rings is 1. The van der Waals surface area contributed by atoms with E-state index < -0.39 is 0 Å². The van der Waals surface area contributed by atoms with Gasteiger partial charge in [0.15, 0.2) is 11.5 Å². The standard InChI is InChI=1S/C17H22O5/c1-20-15-9-11(10-16(21-2)17(15)22-3)7-8-14(19)12-5-4-6-13(12)18/h9-10,12H,4-8H2,1-3H3. The molecule has 0 heterocycles. The molecule has 0 radical (unpaired) electrons. The third-order valence-corrected chi connectivity index (χ3v) is 4.08. The van der Waals surface area contributed by atoms with Gasteiger partial charge in [0.25, 0.3) is 0 Å². The van der Waals surface area contributed by atoms with Crippen molar-refractivity contribution >= 4 is 11.6 Å². The van der Waals surface area contributed by atoms with E-state index in [4.69, 9.17) is 14.2 Å². The minimum atomic E-state index is -0.387. The first-order valence-electron chi connectivity index (χ1n) is 7.45. The molecule has 2 rings (SSSR count). The molecule has 5 nitrogen and oxygen atoms in total. The highest BCUT2D eigenvalue weighted by Crippen LogP contribution is 2.38. The Bertz CT molecular complexity index is 539. The summed E-state index contributed by atoms with van der Waals surface area (Å²) < 4.78 is 15.9. The van der Waals surface area contributed by atoms with Crippen molar-refractivity contribution in [3.05, 3.63) is 17.7 Å². The van der Waals surface area contributed by atoms with Crippen molar-refractivity contribution in [1.82, 2.24) is 0 Å². The van der Waals surface area contributed by atoms with Crippen LogP contribution in [0.4, 0.5) is 0 Å². The van der Waals surface area contributed by atoms with Crippen LogP contribution >= 0.6 is 0 Å². The molecule has 1 fully saturated rings. The lowest BCUT2D eigenvalue weighted by Crippen LogP contribution is -2.19. The Morgan fingerprint density at radius 3 is 2.23 bits per heavy atom. The van der Waals surface area contributed by atoms with Gasteiger partial charge in [0, 0.05) is 12.8 Å². The Hall–Kier alpha value is -2.04. The number of carbonyl (C=O) groups excluding carboxylic acids is 2. The lowest BCUT2D eigenvalue weighted by atomic mass is 9.96. The molecule has 5 heteroatoms. The van der Waals surface area contributed by atoms with Crippen molar-refractivity contribution in [2.75, 3.05) is 21.3 Å². The molecule has 0 aromatic heterocycles. The number of rotatable bonds is 7. The second kappa shape index (κ2) is 7.29. The summed E-state index contributed by atoms with van der Waals surface area (Å²) in [5.41, 5.74) is 0.924. The van der Waals surface area contributed by atoms with E-state index in [-0.39, 0.29) is 17.5 Å². The largest absolute Gasteiger partial charge is 0.493 e. The summed E-state index contributed by atoms with van der Waals surface area (Å²) in [6.07, 6.45) is 2.99. The van der Waals surface area contributed by atoms with Crippen molar-refractivity contribution in [1.29, 1.82) is 0 Å². The Morgan fingerprint density at radius 1 is 1.14 bits per heavy atom. The van der Waals surface area contributed by atoms with Crippen LogP contribution in [0.2, 0.25) is 0 Å². The first-order chi connectivity index (χ1) is 10.6. The van der Waals surface area contributed by atoms with Crippen LogP contribution in [0.3, 0.4) is 0 Å². The molecule has 120 valence electrons. The van der Waals surface area contributed by atoms with Crippen LogP contribution in [0, 0.1) is 5.92 Å². The van der Waals surface area contributed by atoms with Gasteiger partial charge in [-0.05, 0) is 37.0 Å². The maximum absolute atomic E-state index is 12.2. The summed E-state index contributed by atoms with van der Waals surface area (Å²) in [6.45, 7) is 0. The zero-order valence-electron chi connectivity index (χ0n) is 13.3. The fraction of sp³-hybridized carbons (Fsp3) is 0.529. The SMILES string of the molecule is COc1cc(CCC(=O)C2CCCC2=O)cc(OC)c1OC. The van der Waals surface area contributed by atoms with Crippen LogP contribution in [-0.4, -0.2) is 32.9 Å². The maximum Gasteiger partial charge on any atom is 0.203 e. The van der Waals surface area contributed by atoms with Gasteiger partial charge in [-0.3, -0.25) is 9.59 Å². The van der Waals surface area contributed by atoms with Gasteiger partial charge in [-0.15, -0.1) is 0 Å². The van der Waals surface area contributed by atoms with E-state index in [0.29, 0.717) is 42.9 Å². The number of ether oxygens (including phenoxy) is 3. The fourth-order valence-corrected chi connectivity index (χ4v) is 2.88. The van der Waals surface area contributed by atoms with E-state index in [2.05, 4.69) is 0 Å². The summed E-state index contributed by atoms with van der Waals surface area (Å²) >= 11 is 0. The molecule has 0 amide bonds. The van der Waals surface area contributed by atoms with Crippen molar-refractivity contribution in [3.8, 4) is 17.2 Å². The molecule has 1 aromatic rings. The van der Waals surface area contributed by atoms with Gasteiger partial charge in [-0.25, -0.2) is 0 Å². The Balaban J connectivity index is 2.09. The summed E-state index contributed by atoms with van der Waals surface area (Å²) in [4.78, 5) is 23.8. The molecule has 1 atom stereocenters. The van der Waals surface area contributed by atoms with Crippen molar-refractivity contribution < 1.29 is 23.8 Å². The molecule has 1 unspecified atom stereocenters. The monoisotopic (exact) mass is 306 g/mol. The molecule has 1 aromatic carbocycles. The van der Waals surface area contributed by atoms with Gasteiger partial charge in [-0.1, -0.05) is 0 Å². The predicted octanol–water partition coefficient (Wildman–Crippen LogP) is 2.58. The summed E-state index contributed by atoms with van der Waals surface area (Å²) in [6, 6.07) is 3.68. The Morgan fingerprint density at radius 2 is 1.77 bits per heavy atom. The number of methoxy groups -OCH3 is 3. The van der Waals surface area contributed by atoms with E-state index in [0.717, 1.165) is 12.0 Å². The number of Topliss-reactive ketones (excluding diaryl/α,β-unsaturated/α-hetero) is 2. The summed E-state index contributed by atoms with van der Waals surface area (Å²) in [5, 5.41) is 0. The molecule has 1 aliphatic rings. The number of hydrogen-bond donors (Lipinski definition) is 0. The number of carbonyl (C=O) groups is 2. The highest BCUT2D eigenvalue weighted by molar-refractivity contribution is 6.03. The zero-order chi connectivity index (χ0) is 16.1. The number of hydrogen-bond acceptors (Lipinski definition) is 5. The maximum atomic E-state index is 12.2. The normalized spacial score (nSPS) is 17.4. The highest BCUT2D eigenvalue weighted by Gasteiger charge is 2.30. The van der Waals surface area contributed by atoms with E-state index in [1.807, 2.05) is 12.1 Å². The molecular formula is C17H22O5. The van der Waals surface area contributed by atoms with Crippen LogP contribution in [0.25, 0.3) is 0 Å². The molecule has 0 aliphatic heterocycles. The second-order valence-electron chi connectivity index (χ2n) is 5.41. The van der Waals surface area contributed by atoms with Crippen LogP contribution < -0.4 is 14.2 Å². The molecule has 0 spiro atoms. The minimum Gasteiger partial charge on any atom is -0.493 e. The molecule has 22 heavy (non-hydrogen) atoms. The molecule has 0 bridgehead atoms. The fourth-order valence-electron chi connectivity index (χ4n) is 2.88. The van der Waals surface area contributed by atoms with Gasteiger partial charge in [-0.2, -0.15) is 0 Å².